The van der Waals surface area contributed by atoms with E-state index >= 15 is 0 Å². The van der Waals surface area contributed by atoms with Crippen molar-refractivity contribution in [3.63, 3.8) is 0 Å². The number of nitrogens with zero attached hydrogens (tertiary/aromatic N) is 5. The first-order valence-electron chi connectivity index (χ1n) is 7.96. The monoisotopic (exact) mass is 345 g/mol. The van der Waals surface area contributed by atoms with Crippen molar-refractivity contribution < 1.29 is 14.1 Å². The number of amides is 1. The summed E-state index contributed by atoms with van der Waals surface area (Å²) in [5, 5.41) is 12.9. The Hall–Kier alpha value is -2.82. The van der Waals surface area contributed by atoms with E-state index in [0.717, 1.165) is 0 Å². The minimum absolute atomic E-state index is 0.164. The van der Waals surface area contributed by atoms with Crippen LogP contribution in [0.25, 0.3) is 11.6 Å². The maximum Gasteiger partial charge on any atom is 0.410 e. The molecule has 0 spiro atoms. The number of aromatic nitrogens is 3. The van der Waals surface area contributed by atoms with Crippen LogP contribution in [-0.4, -0.2) is 44.4 Å². The van der Waals surface area contributed by atoms with Gasteiger partial charge in [0.25, 0.3) is 5.89 Å². The lowest BCUT2D eigenvalue weighted by atomic mass is 10.2. The zero-order chi connectivity index (χ0) is 18.8. The molecule has 0 aliphatic carbocycles. The molecule has 0 aliphatic rings. The van der Waals surface area contributed by atoms with Gasteiger partial charge in [0.05, 0.1) is 5.56 Å². The molecule has 8 heteroatoms. The summed E-state index contributed by atoms with van der Waals surface area (Å²) in [7, 11) is 3.48. The molecule has 0 bridgehead atoms. The first kappa shape index (κ1) is 18.5. The molecule has 2 aromatic rings. The molecule has 0 fully saturated rings. The number of nitriles is 1. The number of likely N-dealkylation sites (N-methyl/N-ethyl adjacent to an activating group) is 1. The minimum Gasteiger partial charge on any atom is -0.444 e. The second kappa shape index (κ2) is 6.97. The summed E-state index contributed by atoms with van der Waals surface area (Å²) in [5.41, 5.74) is 0.647. The molecule has 0 radical (unpaired) electrons. The Kier molecular flexibility index (Phi) is 5.16. The summed E-state index contributed by atoms with van der Waals surface area (Å²) in [5.74, 6) is 0.823. The predicted molar refractivity (Wildman–Crippen MR) is 90.6 cm³/mol. The van der Waals surface area contributed by atoms with Gasteiger partial charge in [-0.3, -0.25) is 0 Å². The van der Waals surface area contributed by atoms with E-state index in [1.165, 1.54) is 4.90 Å². The maximum absolute atomic E-state index is 12.1. The summed E-state index contributed by atoms with van der Waals surface area (Å²) >= 11 is 0. The molecule has 2 aromatic heterocycles. The van der Waals surface area contributed by atoms with Gasteiger partial charge in [0, 0.05) is 32.8 Å². The smallest absolute Gasteiger partial charge is 0.410 e. The van der Waals surface area contributed by atoms with Crippen molar-refractivity contribution in [1.29, 1.82) is 5.26 Å². The third-order valence-corrected chi connectivity index (χ3v) is 3.64. The molecular weight excluding hydrogens is 322 g/mol. The molecule has 0 saturated heterocycles. The molecule has 134 valence electrons. The van der Waals surface area contributed by atoms with Crippen molar-refractivity contribution in [2.24, 2.45) is 7.05 Å². The number of hydrogen-bond acceptors (Lipinski definition) is 6. The molecule has 1 amide bonds. The SMILES string of the molecule is C[C@@H](Cc1noc(-c2cc(C#N)cn2C)n1)N(C)C(=O)OC(C)(C)C. The summed E-state index contributed by atoms with van der Waals surface area (Å²) < 4.78 is 12.4. The fourth-order valence-electron chi connectivity index (χ4n) is 2.19. The Morgan fingerprint density at radius 1 is 1.52 bits per heavy atom. The van der Waals surface area contributed by atoms with Gasteiger partial charge in [0.2, 0.25) is 0 Å². The van der Waals surface area contributed by atoms with E-state index in [0.29, 0.717) is 29.4 Å². The van der Waals surface area contributed by atoms with Gasteiger partial charge in [-0.25, -0.2) is 4.79 Å². The van der Waals surface area contributed by atoms with Crippen LogP contribution < -0.4 is 0 Å². The van der Waals surface area contributed by atoms with Gasteiger partial charge in [-0.1, -0.05) is 5.16 Å². The summed E-state index contributed by atoms with van der Waals surface area (Å²) in [4.78, 5) is 18.0. The number of aryl methyl sites for hydroxylation is 1. The standard InChI is InChI=1S/C17H23N5O3/c1-11(22(6)16(23)24-17(2,3)4)7-14-19-15(25-20-14)13-8-12(9-18)10-21(13)5/h8,10-11H,7H2,1-6H3/t11-/m0/s1. The van der Waals surface area contributed by atoms with Crippen molar-refractivity contribution >= 4 is 6.09 Å². The first-order chi connectivity index (χ1) is 11.6. The minimum atomic E-state index is -0.546. The van der Waals surface area contributed by atoms with Crippen molar-refractivity contribution in [2.75, 3.05) is 7.05 Å². The van der Waals surface area contributed by atoms with Crippen molar-refractivity contribution in [1.82, 2.24) is 19.6 Å². The Balaban J connectivity index is 2.06. The number of ether oxygens (including phenoxy) is 1. The zero-order valence-electron chi connectivity index (χ0n) is 15.4. The van der Waals surface area contributed by atoms with Gasteiger partial charge < -0.3 is 18.7 Å². The molecule has 0 saturated carbocycles. The highest BCUT2D eigenvalue weighted by Crippen LogP contribution is 2.20. The molecule has 25 heavy (non-hydrogen) atoms. The lowest BCUT2D eigenvalue weighted by Gasteiger charge is -2.28. The fraction of sp³-hybridized carbons (Fsp3) is 0.529. The van der Waals surface area contributed by atoms with Crippen molar-refractivity contribution in [2.45, 2.75) is 45.8 Å². The van der Waals surface area contributed by atoms with E-state index in [-0.39, 0.29) is 6.04 Å². The van der Waals surface area contributed by atoms with Gasteiger partial charge in [-0.05, 0) is 33.8 Å². The van der Waals surface area contributed by atoms with E-state index in [1.807, 2.05) is 27.7 Å². The highest BCUT2D eigenvalue weighted by atomic mass is 16.6. The quantitative estimate of drug-likeness (QED) is 0.845. The molecule has 2 rings (SSSR count). The van der Waals surface area contributed by atoms with Gasteiger partial charge in [0.15, 0.2) is 5.82 Å². The topological polar surface area (TPSA) is 97.2 Å². The summed E-state index contributed by atoms with van der Waals surface area (Å²) in [6.07, 6.45) is 1.72. The number of carbonyl (C=O) groups excluding carboxylic acids is 1. The number of rotatable bonds is 4. The third kappa shape index (κ3) is 4.59. The Bertz CT molecular complexity index is 794. The Morgan fingerprint density at radius 2 is 2.20 bits per heavy atom. The van der Waals surface area contributed by atoms with E-state index in [4.69, 9.17) is 14.5 Å². The van der Waals surface area contributed by atoms with Crippen LogP contribution in [0.3, 0.4) is 0 Å². The van der Waals surface area contributed by atoms with Crippen LogP contribution in [0.5, 0.6) is 0 Å². The van der Waals surface area contributed by atoms with Crippen LogP contribution >= 0.6 is 0 Å². The normalized spacial score (nSPS) is 12.5. The van der Waals surface area contributed by atoms with Gasteiger partial charge in [-0.15, -0.1) is 0 Å². The van der Waals surface area contributed by atoms with Crippen molar-refractivity contribution in [3.05, 3.63) is 23.7 Å². The van der Waals surface area contributed by atoms with E-state index in [1.54, 1.807) is 30.9 Å². The van der Waals surface area contributed by atoms with E-state index in [2.05, 4.69) is 16.2 Å². The predicted octanol–water partition coefficient (Wildman–Crippen LogP) is 2.74. The van der Waals surface area contributed by atoms with Crippen LogP contribution in [-0.2, 0) is 18.2 Å². The van der Waals surface area contributed by atoms with Gasteiger partial charge in [0.1, 0.15) is 17.4 Å². The van der Waals surface area contributed by atoms with Crippen molar-refractivity contribution in [3.8, 4) is 17.7 Å². The Labute approximate surface area is 147 Å². The average Bonchev–Trinajstić information content (AvgIpc) is 3.10. The lowest BCUT2D eigenvalue weighted by molar-refractivity contribution is 0.0234. The summed E-state index contributed by atoms with van der Waals surface area (Å²) in [6, 6.07) is 3.60. The van der Waals surface area contributed by atoms with E-state index in [9.17, 15) is 4.79 Å². The second-order valence-electron chi connectivity index (χ2n) is 7.00. The van der Waals surface area contributed by atoms with Crippen LogP contribution in [0.15, 0.2) is 16.8 Å². The molecular formula is C17H23N5O3. The van der Waals surface area contributed by atoms with Gasteiger partial charge >= 0.3 is 6.09 Å². The third-order valence-electron chi connectivity index (χ3n) is 3.64. The zero-order valence-corrected chi connectivity index (χ0v) is 15.4. The highest BCUT2D eigenvalue weighted by Gasteiger charge is 2.24. The molecule has 1 atom stereocenters. The molecule has 2 heterocycles. The largest absolute Gasteiger partial charge is 0.444 e. The summed E-state index contributed by atoms with van der Waals surface area (Å²) in [6.45, 7) is 7.36. The van der Waals surface area contributed by atoms with Crippen LogP contribution in [0, 0.1) is 11.3 Å². The van der Waals surface area contributed by atoms with Crippen LogP contribution in [0.2, 0.25) is 0 Å². The molecule has 0 N–H and O–H groups in total. The maximum atomic E-state index is 12.1. The highest BCUT2D eigenvalue weighted by molar-refractivity contribution is 5.68. The van der Waals surface area contributed by atoms with E-state index < -0.39 is 11.7 Å². The lowest BCUT2D eigenvalue weighted by Crippen LogP contribution is -2.40. The first-order valence-corrected chi connectivity index (χ1v) is 7.96. The molecule has 0 aliphatic heterocycles. The fourth-order valence-corrected chi connectivity index (χ4v) is 2.19. The molecule has 0 aromatic carbocycles. The number of carbonyl (C=O) groups is 1. The second-order valence-corrected chi connectivity index (χ2v) is 7.00. The molecule has 8 nitrogen and oxygen atoms in total. The Morgan fingerprint density at radius 3 is 2.76 bits per heavy atom. The van der Waals surface area contributed by atoms with Crippen LogP contribution in [0.1, 0.15) is 39.1 Å². The average molecular weight is 345 g/mol. The van der Waals surface area contributed by atoms with Crippen LogP contribution in [0.4, 0.5) is 4.79 Å². The molecule has 0 unspecified atom stereocenters. The van der Waals surface area contributed by atoms with Gasteiger partial charge in [-0.2, -0.15) is 10.2 Å². The number of hydrogen-bond donors (Lipinski definition) is 0.